The quantitative estimate of drug-likeness (QED) is 0.152. The second kappa shape index (κ2) is 13.4. The Morgan fingerprint density at radius 3 is 1.92 bits per heavy atom. The Balaban J connectivity index is 1.01. The molecule has 0 N–H and O–H groups in total. The summed E-state index contributed by atoms with van der Waals surface area (Å²) < 4.78 is 0. The van der Waals surface area contributed by atoms with Crippen LogP contribution in [-0.4, -0.2) is 8.07 Å². The van der Waals surface area contributed by atoms with Gasteiger partial charge in [0.05, 0.1) is 0 Å². The Bertz CT molecular complexity index is 2770. The molecule has 0 aromatic heterocycles. The van der Waals surface area contributed by atoms with Crippen LogP contribution in [0.4, 0.5) is 17.1 Å². The maximum atomic E-state index is 2.50. The molecular formula is C57H57NSi. The molecule has 4 aliphatic rings. The van der Waals surface area contributed by atoms with Crippen LogP contribution >= 0.6 is 0 Å². The molecule has 2 bridgehead atoms. The fourth-order valence-corrected chi connectivity index (χ4v) is 15.2. The predicted molar refractivity (Wildman–Crippen MR) is 255 cm³/mol. The van der Waals surface area contributed by atoms with E-state index >= 15 is 0 Å². The number of benzene rings is 7. The highest BCUT2D eigenvalue weighted by molar-refractivity contribution is 7.03. The second-order valence-corrected chi connectivity index (χ2v) is 24.8. The van der Waals surface area contributed by atoms with E-state index in [9.17, 15) is 0 Å². The van der Waals surface area contributed by atoms with Gasteiger partial charge in [-0.05, 0) is 174 Å². The molecule has 1 aliphatic heterocycles. The maximum absolute atomic E-state index is 2.50. The summed E-state index contributed by atoms with van der Waals surface area (Å²) in [5, 5.41) is 5.66. The molecule has 2 heteroatoms. The zero-order valence-corrected chi connectivity index (χ0v) is 36.8. The van der Waals surface area contributed by atoms with Crippen LogP contribution in [0.5, 0.6) is 0 Å². The van der Waals surface area contributed by atoms with Crippen molar-refractivity contribution in [2.75, 3.05) is 4.90 Å². The fraction of sp³-hybridized carbons (Fsp3) is 0.298. The van der Waals surface area contributed by atoms with Crippen molar-refractivity contribution in [1.29, 1.82) is 0 Å². The first-order valence-corrected chi connectivity index (χ1v) is 25.4. The van der Waals surface area contributed by atoms with Gasteiger partial charge in [0.2, 0.25) is 0 Å². The first-order chi connectivity index (χ1) is 28.4. The number of fused-ring (bicyclic) bond motifs is 7. The normalized spacial score (nSPS) is 21.6. The van der Waals surface area contributed by atoms with E-state index in [1.54, 1.807) is 10.4 Å². The molecule has 7 aromatic rings. The molecule has 0 amide bonds. The summed E-state index contributed by atoms with van der Waals surface area (Å²) in [6.45, 7) is 14.7. The van der Waals surface area contributed by atoms with Crippen LogP contribution in [-0.2, 0) is 10.8 Å². The second-order valence-electron chi connectivity index (χ2n) is 20.4. The standard InChI is InChI=1S/C57H57NSi/c1-56(2)30-31-57(3,4)53-35-41(21-28-52(53)56)38-16-23-44(24-17-38)58(45-25-18-40(19-26-45)49-33-37-14-15-42(49)32-37)46-27-20-39-10-9-12-47(50(39)36-46)43-22-29-55-51(34-43)48-11-7-8-13-54(48)59(55,5)6/h7-13,16-29,34-37,42,49H,14-15,30-33H2,1-6H3. The lowest BCUT2D eigenvalue weighted by atomic mass is 9.63. The van der Waals surface area contributed by atoms with E-state index in [1.807, 2.05) is 0 Å². The molecule has 3 atom stereocenters. The van der Waals surface area contributed by atoms with Gasteiger partial charge >= 0.3 is 0 Å². The zero-order valence-electron chi connectivity index (χ0n) is 35.8. The molecule has 1 heterocycles. The van der Waals surface area contributed by atoms with Crippen molar-refractivity contribution in [3.05, 3.63) is 162 Å². The van der Waals surface area contributed by atoms with Gasteiger partial charge in [0.1, 0.15) is 8.07 Å². The highest BCUT2D eigenvalue weighted by atomic mass is 28.3. The zero-order chi connectivity index (χ0) is 40.3. The average Bonchev–Trinajstić information content (AvgIpc) is 3.96. The van der Waals surface area contributed by atoms with E-state index in [0.717, 1.165) is 17.8 Å². The summed E-state index contributed by atoms with van der Waals surface area (Å²) in [7, 11) is -1.73. The van der Waals surface area contributed by atoms with Gasteiger partial charge in [-0.2, -0.15) is 0 Å². The van der Waals surface area contributed by atoms with Crippen LogP contribution in [0.2, 0.25) is 13.1 Å². The van der Waals surface area contributed by atoms with Gasteiger partial charge in [0.15, 0.2) is 0 Å². The third kappa shape index (κ3) is 6.00. The van der Waals surface area contributed by atoms with Crippen LogP contribution in [0.1, 0.15) is 88.8 Å². The SMILES string of the molecule is CC1(C)CCC(C)(C)c2cc(-c3ccc(N(c4ccc(C5CC6CCC5C6)cc4)c4ccc5cccc(-c6ccc7c(c6)-c6ccccc6[Si]7(C)C)c5c4)cc3)ccc21. The lowest BCUT2D eigenvalue weighted by Gasteiger charge is -2.42. The Morgan fingerprint density at radius 1 is 0.508 bits per heavy atom. The highest BCUT2D eigenvalue weighted by Crippen LogP contribution is 2.53. The summed E-state index contributed by atoms with van der Waals surface area (Å²) >= 11 is 0. The first-order valence-electron chi connectivity index (χ1n) is 22.4. The molecule has 0 saturated heterocycles. The Labute approximate surface area is 353 Å². The summed E-state index contributed by atoms with van der Waals surface area (Å²) in [5.74, 6) is 2.53. The van der Waals surface area contributed by atoms with E-state index in [0.29, 0.717) is 0 Å². The monoisotopic (exact) mass is 783 g/mol. The predicted octanol–water partition coefficient (Wildman–Crippen LogP) is 14.7. The van der Waals surface area contributed by atoms with Gasteiger partial charge in [0, 0.05) is 17.1 Å². The average molecular weight is 784 g/mol. The summed E-state index contributed by atoms with van der Waals surface area (Å²) in [4.78, 5) is 2.48. The largest absolute Gasteiger partial charge is 0.310 e. The highest BCUT2D eigenvalue weighted by Gasteiger charge is 2.41. The van der Waals surface area contributed by atoms with Crippen molar-refractivity contribution < 1.29 is 0 Å². The van der Waals surface area contributed by atoms with Crippen LogP contribution in [0.25, 0.3) is 44.2 Å². The topological polar surface area (TPSA) is 3.24 Å². The summed E-state index contributed by atoms with van der Waals surface area (Å²) in [6, 6.07) is 56.6. The minimum atomic E-state index is -1.73. The number of hydrogen-bond acceptors (Lipinski definition) is 1. The molecule has 3 aliphatic carbocycles. The van der Waals surface area contributed by atoms with Crippen molar-refractivity contribution in [2.45, 2.75) is 96.1 Å². The summed E-state index contributed by atoms with van der Waals surface area (Å²) in [6.07, 6.45) is 8.10. The smallest absolute Gasteiger partial charge is 0.113 e. The molecular weight excluding hydrogens is 727 g/mol. The fourth-order valence-electron chi connectivity index (χ4n) is 12.1. The Morgan fingerprint density at radius 2 is 1.17 bits per heavy atom. The van der Waals surface area contributed by atoms with Crippen LogP contribution in [0.3, 0.4) is 0 Å². The van der Waals surface area contributed by atoms with Gasteiger partial charge in [0.25, 0.3) is 0 Å². The molecule has 2 saturated carbocycles. The molecule has 3 unspecified atom stereocenters. The van der Waals surface area contributed by atoms with Gasteiger partial charge in [-0.1, -0.05) is 150 Å². The molecule has 7 aromatic carbocycles. The molecule has 2 fully saturated rings. The number of rotatable bonds is 6. The van der Waals surface area contributed by atoms with Gasteiger partial charge < -0.3 is 4.90 Å². The summed E-state index contributed by atoms with van der Waals surface area (Å²) in [5.41, 5.74) is 16.5. The minimum Gasteiger partial charge on any atom is -0.310 e. The van der Waals surface area contributed by atoms with E-state index < -0.39 is 8.07 Å². The van der Waals surface area contributed by atoms with Crippen molar-refractivity contribution in [2.24, 2.45) is 11.8 Å². The lowest BCUT2D eigenvalue weighted by Crippen LogP contribution is -2.49. The first kappa shape index (κ1) is 36.9. The third-order valence-corrected chi connectivity index (χ3v) is 19.2. The van der Waals surface area contributed by atoms with Crippen LogP contribution in [0, 0.1) is 11.8 Å². The molecule has 11 rings (SSSR count). The molecule has 1 nitrogen and oxygen atoms in total. The van der Waals surface area contributed by atoms with Crippen molar-refractivity contribution in [3.8, 4) is 33.4 Å². The van der Waals surface area contributed by atoms with Crippen LogP contribution in [0.15, 0.2) is 146 Å². The minimum absolute atomic E-state index is 0.180. The van der Waals surface area contributed by atoms with Crippen LogP contribution < -0.4 is 15.3 Å². The molecule has 0 spiro atoms. The maximum Gasteiger partial charge on any atom is 0.113 e. The Hall–Kier alpha value is -5.18. The number of nitrogens with zero attached hydrogens (tertiary/aromatic N) is 1. The van der Waals surface area contributed by atoms with Crippen molar-refractivity contribution in [1.82, 2.24) is 0 Å². The molecule has 294 valence electrons. The third-order valence-electron chi connectivity index (χ3n) is 15.6. The van der Waals surface area contributed by atoms with Crippen molar-refractivity contribution in [3.63, 3.8) is 0 Å². The van der Waals surface area contributed by atoms with E-state index in [-0.39, 0.29) is 10.8 Å². The van der Waals surface area contributed by atoms with Gasteiger partial charge in [-0.15, -0.1) is 0 Å². The van der Waals surface area contributed by atoms with Crippen molar-refractivity contribution >= 4 is 46.3 Å². The van der Waals surface area contributed by atoms with Gasteiger partial charge in [-0.3, -0.25) is 0 Å². The van der Waals surface area contributed by atoms with E-state index in [1.165, 1.54) is 116 Å². The Kier molecular flexibility index (Phi) is 8.38. The molecule has 59 heavy (non-hydrogen) atoms. The number of anilines is 3. The number of hydrogen-bond donors (Lipinski definition) is 0. The lowest BCUT2D eigenvalue weighted by molar-refractivity contribution is 0.332. The van der Waals surface area contributed by atoms with Gasteiger partial charge in [-0.25, -0.2) is 0 Å². The molecule has 0 radical (unpaired) electrons. The van der Waals surface area contributed by atoms with E-state index in [4.69, 9.17) is 0 Å². The van der Waals surface area contributed by atoms with E-state index in [2.05, 4.69) is 191 Å².